The third-order valence-corrected chi connectivity index (χ3v) is 1.20. The van der Waals surface area contributed by atoms with E-state index >= 15 is 0 Å². The van der Waals surface area contributed by atoms with Crippen molar-refractivity contribution in [3.05, 3.63) is 0 Å². The molecule has 4 nitrogen and oxygen atoms in total. The summed E-state index contributed by atoms with van der Waals surface area (Å²) in [5.74, 6) is -2.50. The van der Waals surface area contributed by atoms with Crippen molar-refractivity contribution >= 4 is 40.8 Å². The van der Waals surface area contributed by atoms with Crippen LogP contribution in [0.1, 0.15) is 0 Å². The topological polar surface area (TPSA) is 73.9 Å². The highest BCUT2D eigenvalue weighted by molar-refractivity contribution is 6.67. The smallest absolute Gasteiger partial charge is 0.338 e. The van der Waals surface area contributed by atoms with E-state index in [9.17, 15) is 4.79 Å². The van der Waals surface area contributed by atoms with Crippen LogP contribution in [-0.2, 0) is 9.53 Å². The molecule has 0 atom stereocenters. The number of halogens is 3. The molecule has 0 bridgehead atoms. The first-order chi connectivity index (χ1) is 5.90. The molecule has 0 amide bonds. The first-order valence-corrected chi connectivity index (χ1v) is 4.06. The lowest BCUT2D eigenvalue weighted by atomic mass is 10.2. The zero-order valence-electron chi connectivity index (χ0n) is 6.13. The fraction of sp³-hybridized carbons (Fsp3) is 0.500. The molecule has 0 aromatic carbocycles. The van der Waals surface area contributed by atoms with Crippen molar-refractivity contribution in [3.8, 4) is 12.1 Å². The second-order valence-electron chi connectivity index (χ2n) is 1.91. The van der Waals surface area contributed by atoms with E-state index in [1.165, 1.54) is 12.1 Å². The van der Waals surface area contributed by atoms with E-state index in [0.717, 1.165) is 0 Å². The number of esters is 1. The maximum atomic E-state index is 10.8. The van der Waals surface area contributed by atoms with Gasteiger partial charge in [0, 0.05) is 0 Å². The SMILES string of the molecule is N#CC(C#N)C(=O)OCC(Cl)(Cl)Cl. The number of rotatable bonds is 2. The molecule has 7 heteroatoms. The molecule has 0 aliphatic carbocycles. The lowest BCUT2D eigenvalue weighted by Gasteiger charge is -2.10. The Kier molecular flexibility index (Phi) is 4.87. The lowest BCUT2D eigenvalue weighted by Crippen LogP contribution is -2.21. The maximum Gasteiger partial charge on any atom is 0.338 e. The first-order valence-electron chi connectivity index (χ1n) is 2.93. The van der Waals surface area contributed by atoms with Gasteiger partial charge in [-0.1, -0.05) is 34.8 Å². The third kappa shape index (κ3) is 5.54. The van der Waals surface area contributed by atoms with Crippen molar-refractivity contribution < 1.29 is 9.53 Å². The van der Waals surface area contributed by atoms with Crippen LogP contribution < -0.4 is 0 Å². The number of hydrogen-bond acceptors (Lipinski definition) is 4. The van der Waals surface area contributed by atoms with Crippen molar-refractivity contribution in [1.29, 1.82) is 10.5 Å². The molecule has 0 N–H and O–H groups in total. The minimum atomic E-state index is -1.73. The van der Waals surface area contributed by atoms with Crippen molar-refractivity contribution in [3.63, 3.8) is 0 Å². The van der Waals surface area contributed by atoms with E-state index in [0.29, 0.717) is 0 Å². The number of carbonyl (C=O) groups is 1. The van der Waals surface area contributed by atoms with Gasteiger partial charge in [0.15, 0.2) is 0 Å². The number of alkyl halides is 3. The van der Waals surface area contributed by atoms with E-state index < -0.39 is 22.3 Å². The molecule has 0 heterocycles. The molecule has 0 aromatic heterocycles. The van der Waals surface area contributed by atoms with Crippen LogP contribution in [0.15, 0.2) is 0 Å². The average Bonchev–Trinajstić information content (AvgIpc) is 2.02. The fourth-order valence-corrected chi connectivity index (χ4v) is 0.534. The van der Waals surface area contributed by atoms with Gasteiger partial charge in [0.1, 0.15) is 6.61 Å². The van der Waals surface area contributed by atoms with Crippen molar-refractivity contribution in [2.24, 2.45) is 5.92 Å². The number of nitrogens with zero attached hydrogens (tertiary/aromatic N) is 2. The zero-order valence-corrected chi connectivity index (χ0v) is 8.40. The number of nitriles is 2. The van der Waals surface area contributed by atoms with Gasteiger partial charge in [0.2, 0.25) is 9.71 Å². The maximum absolute atomic E-state index is 10.8. The third-order valence-electron chi connectivity index (χ3n) is 0.872. The summed E-state index contributed by atoms with van der Waals surface area (Å²) in [6.45, 7) is -0.490. The monoisotopic (exact) mass is 240 g/mol. The van der Waals surface area contributed by atoms with E-state index in [2.05, 4.69) is 4.74 Å². The van der Waals surface area contributed by atoms with Crippen LogP contribution in [0.25, 0.3) is 0 Å². The summed E-state index contributed by atoms with van der Waals surface area (Å²) in [6, 6.07) is 2.85. The molecule has 0 radical (unpaired) electrons. The summed E-state index contributed by atoms with van der Waals surface area (Å²) in [5, 5.41) is 16.5. The number of carbonyl (C=O) groups excluding carboxylic acids is 1. The normalized spacial score (nSPS) is 10.3. The van der Waals surface area contributed by atoms with E-state index in [1.54, 1.807) is 0 Å². The highest BCUT2D eigenvalue weighted by Crippen LogP contribution is 2.26. The van der Waals surface area contributed by atoms with Crippen molar-refractivity contribution in [2.45, 2.75) is 3.79 Å². The molecule has 0 aliphatic heterocycles. The summed E-state index contributed by atoms with van der Waals surface area (Å²) in [6.07, 6.45) is 0. The standard InChI is InChI=1S/C6H3Cl3N2O2/c7-6(8,9)3-13-5(12)4(1-10)2-11/h4H,3H2. The van der Waals surface area contributed by atoms with E-state index in [-0.39, 0.29) is 0 Å². The predicted octanol–water partition coefficient (Wildman–Crippen LogP) is 1.56. The Balaban J connectivity index is 4.05. The van der Waals surface area contributed by atoms with Gasteiger partial charge in [0.05, 0.1) is 12.1 Å². The Morgan fingerprint density at radius 3 is 2.15 bits per heavy atom. The molecular formula is C6H3Cl3N2O2. The summed E-state index contributed by atoms with van der Waals surface area (Å²) in [5.41, 5.74) is 0. The molecule has 0 saturated carbocycles. The highest BCUT2D eigenvalue weighted by Gasteiger charge is 2.25. The minimum absolute atomic E-state index is 0.490. The summed E-state index contributed by atoms with van der Waals surface area (Å²) < 4.78 is 2.64. The van der Waals surface area contributed by atoms with Crippen molar-refractivity contribution in [2.75, 3.05) is 6.61 Å². The Morgan fingerprint density at radius 1 is 1.38 bits per heavy atom. The summed E-state index contributed by atoms with van der Waals surface area (Å²) in [7, 11) is 0. The van der Waals surface area contributed by atoms with Crippen LogP contribution in [0.3, 0.4) is 0 Å². The zero-order chi connectivity index (χ0) is 10.5. The van der Waals surface area contributed by atoms with Gasteiger partial charge in [-0.05, 0) is 0 Å². The predicted molar refractivity (Wildman–Crippen MR) is 46.0 cm³/mol. The number of ether oxygens (including phenoxy) is 1. The van der Waals surface area contributed by atoms with E-state index in [1.807, 2.05) is 0 Å². The van der Waals surface area contributed by atoms with Gasteiger partial charge in [-0.15, -0.1) is 0 Å². The van der Waals surface area contributed by atoms with Crippen LogP contribution in [-0.4, -0.2) is 16.4 Å². The molecular weight excluding hydrogens is 238 g/mol. The molecule has 0 spiro atoms. The quantitative estimate of drug-likeness (QED) is 0.543. The minimum Gasteiger partial charge on any atom is -0.459 e. The first kappa shape index (κ1) is 12.3. The summed E-state index contributed by atoms with van der Waals surface area (Å²) >= 11 is 15.8. The molecule has 0 unspecified atom stereocenters. The largest absolute Gasteiger partial charge is 0.459 e. The molecule has 70 valence electrons. The van der Waals surface area contributed by atoms with Gasteiger partial charge >= 0.3 is 5.97 Å². The molecule has 0 aromatic rings. The second kappa shape index (κ2) is 5.14. The Bertz CT molecular complexity index is 259. The summed E-state index contributed by atoms with van der Waals surface area (Å²) in [4.78, 5) is 10.8. The Morgan fingerprint density at radius 2 is 1.85 bits per heavy atom. The van der Waals surface area contributed by atoms with E-state index in [4.69, 9.17) is 45.3 Å². The average molecular weight is 241 g/mol. The second-order valence-corrected chi connectivity index (χ2v) is 4.43. The fourth-order valence-electron chi connectivity index (χ4n) is 0.371. The molecule has 0 aliphatic rings. The van der Waals surface area contributed by atoms with Crippen LogP contribution in [0.5, 0.6) is 0 Å². The van der Waals surface area contributed by atoms with Crippen LogP contribution in [0, 0.1) is 28.6 Å². The molecule has 0 rings (SSSR count). The van der Waals surface area contributed by atoms with Gasteiger partial charge in [-0.2, -0.15) is 10.5 Å². The lowest BCUT2D eigenvalue weighted by molar-refractivity contribution is -0.144. The Hall–Kier alpha value is -0.680. The Labute approximate surface area is 89.5 Å². The molecule has 13 heavy (non-hydrogen) atoms. The van der Waals surface area contributed by atoms with Gasteiger partial charge < -0.3 is 4.74 Å². The van der Waals surface area contributed by atoms with Crippen molar-refractivity contribution in [1.82, 2.24) is 0 Å². The van der Waals surface area contributed by atoms with Crippen LogP contribution in [0.4, 0.5) is 0 Å². The van der Waals surface area contributed by atoms with Gasteiger partial charge in [0.25, 0.3) is 0 Å². The van der Waals surface area contributed by atoms with Gasteiger partial charge in [-0.3, -0.25) is 0 Å². The van der Waals surface area contributed by atoms with Crippen LogP contribution >= 0.6 is 34.8 Å². The highest BCUT2D eigenvalue weighted by atomic mass is 35.6. The molecule has 0 saturated heterocycles. The molecule has 0 fully saturated rings. The number of hydrogen-bond donors (Lipinski definition) is 0. The van der Waals surface area contributed by atoms with Gasteiger partial charge in [-0.25, -0.2) is 4.79 Å². The van der Waals surface area contributed by atoms with Crippen LogP contribution in [0.2, 0.25) is 0 Å².